The van der Waals surface area contributed by atoms with E-state index < -0.39 is 0 Å². The first kappa shape index (κ1) is 15.7. The number of nitrogens with zero attached hydrogens (tertiary/aromatic N) is 1. The van der Waals surface area contributed by atoms with E-state index in [2.05, 4.69) is 17.5 Å². The molecule has 0 spiro atoms. The Bertz CT molecular complexity index is 688. The van der Waals surface area contributed by atoms with Gasteiger partial charge in [-0.15, -0.1) is 0 Å². The maximum atomic E-state index is 11.8. The fourth-order valence-corrected chi connectivity index (χ4v) is 2.01. The average Bonchev–Trinajstić information content (AvgIpc) is 2.52. The molecule has 2 aromatic carbocycles. The topological polar surface area (TPSA) is 41.5 Å². The summed E-state index contributed by atoms with van der Waals surface area (Å²) in [5.74, 6) is -0.118. The van der Waals surface area contributed by atoms with Crippen molar-refractivity contribution in [1.82, 2.24) is 5.43 Å². The normalized spacial score (nSPS) is 11.2. The van der Waals surface area contributed by atoms with Crippen LogP contribution in [0.25, 0.3) is 6.08 Å². The molecule has 0 atom stereocenters. The molecule has 0 bridgehead atoms. The largest absolute Gasteiger partial charge is 0.273 e. The van der Waals surface area contributed by atoms with Crippen LogP contribution in [-0.4, -0.2) is 12.1 Å². The highest BCUT2D eigenvalue weighted by atomic mass is 16.2. The Morgan fingerprint density at radius 2 is 1.86 bits per heavy atom. The molecule has 0 aromatic heterocycles. The lowest BCUT2D eigenvalue weighted by Crippen LogP contribution is -2.19. The fourth-order valence-electron chi connectivity index (χ4n) is 2.01. The van der Waals surface area contributed by atoms with Crippen LogP contribution in [-0.2, 0) is 11.2 Å². The van der Waals surface area contributed by atoms with Gasteiger partial charge in [0.15, 0.2) is 0 Å². The van der Waals surface area contributed by atoms with E-state index in [4.69, 9.17) is 0 Å². The molecule has 22 heavy (non-hydrogen) atoms. The highest BCUT2D eigenvalue weighted by molar-refractivity contribution is 5.82. The minimum Gasteiger partial charge on any atom is -0.273 e. The van der Waals surface area contributed by atoms with Gasteiger partial charge >= 0.3 is 0 Å². The maximum Gasteiger partial charge on any atom is 0.244 e. The van der Waals surface area contributed by atoms with Crippen molar-refractivity contribution < 1.29 is 4.79 Å². The zero-order valence-corrected chi connectivity index (χ0v) is 12.9. The lowest BCUT2D eigenvalue weighted by Gasteiger charge is -2.04. The van der Waals surface area contributed by atoms with Gasteiger partial charge in [-0.1, -0.05) is 54.6 Å². The van der Waals surface area contributed by atoms with Gasteiger partial charge in [-0.25, -0.2) is 5.43 Å². The van der Waals surface area contributed by atoms with Gasteiger partial charge in [0.25, 0.3) is 0 Å². The molecule has 112 valence electrons. The molecule has 1 amide bonds. The Hall–Kier alpha value is -2.68. The molecule has 2 rings (SSSR count). The molecule has 0 heterocycles. The molecule has 0 aliphatic carbocycles. The van der Waals surface area contributed by atoms with Gasteiger partial charge < -0.3 is 0 Å². The lowest BCUT2D eigenvalue weighted by atomic mass is 10.0. The summed E-state index contributed by atoms with van der Waals surface area (Å²) >= 11 is 0. The van der Waals surface area contributed by atoms with Crippen LogP contribution in [0, 0.1) is 13.8 Å². The number of carbonyl (C=O) groups is 1. The Balaban J connectivity index is 1.81. The number of carbonyl (C=O) groups excluding carboxylic acids is 1. The number of amides is 1. The highest BCUT2D eigenvalue weighted by Crippen LogP contribution is 2.10. The van der Waals surface area contributed by atoms with E-state index in [0.717, 1.165) is 11.1 Å². The van der Waals surface area contributed by atoms with Gasteiger partial charge in [0.2, 0.25) is 5.91 Å². The molecule has 3 nitrogen and oxygen atoms in total. The van der Waals surface area contributed by atoms with Crippen LogP contribution >= 0.6 is 0 Å². The van der Waals surface area contributed by atoms with E-state index in [1.165, 1.54) is 11.1 Å². The number of benzene rings is 2. The molecule has 0 saturated carbocycles. The van der Waals surface area contributed by atoms with Crippen molar-refractivity contribution in [3.8, 4) is 0 Å². The number of nitrogens with one attached hydrogen (secondary N) is 1. The first-order valence-electron chi connectivity index (χ1n) is 7.25. The number of allylic oxidation sites excluding steroid dienone is 1. The summed E-state index contributed by atoms with van der Waals surface area (Å²) in [5.41, 5.74) is 7.04. The summed E-state index contributed by atoms with van der Waals surface area (Å²) in [6.45, 7) is 4.10. The van der Waals surface area contributed by atoms with Crippen LogP contribution in [0.5, 0.6) is 0 Å². The second-order valence-corrected chi connectivity index (χ2v) is 5.18. The van der Waals surface area contributed by atoms with Gasteiger partial charge in [-0.05, 0) is 42.2 Å². The van der Waals surface area contributed by atoms with E-state index in [1.54, 1.807) is 12.3 Å². The highest BCUT2D eigenvalue weighted by Gasteiger charge is 2.02. The molecule has 0 saturated heterocycles. The first-order valence-corrected chi connectivity index (χ1v) is 7.25. The van der Waals surface area contributed by atoms with E-state index in [-0.39, 0.29) is 5.91 Å². The van der Waals surface area contributed by atoms with E-state index in [1.807, 2.05) is 61.5 Å². The lowest BCUT2D eigenvalue weighted by molar-refractivity contribution is -0.120. The van der Waals surface area contributed by atoms with Gasteiger partial charge in [-0.2, -0.15) is 5.10 Å². The molecule has 1 N–H and O–H groups in total. The number of aryl methyl sites for hydroxylation is 2. The van der Waals surface area contributed by atoms with Crippen molar-refractivity contribution >= 4 is 18.2 Å². The molecule has 3 heteroatoms. The van der Waals surface area contributed by atoms with Crippen LogP contribution in [0.1, 0.15) is 22.3 Å². The average molecular weight is 292 g/mol. The first-order chi connectivity index (χ1) is 10.6. The number of hydrazone groups is 1. The Morgan fingerprint density at radius 1 is 1.09 bits per heavy atom. The third kappa shape index (κ3) is 5.02. The Labute approximate surface area is 131 Å². The monoisotopic (exact) mass is 292 g/mol. The standard InChI is InChI=1S/C19H20N2O/c1-15-10-11-18(13-16(15)2)14-19(22)21-20-12-6-9-17-7-4-3-5-8-17/h3-13H,14H2,1-2H3,(H,21,22)/b9-6+,20-12-. The summed E-state index contributed by atoms with van der Waals surface area (Å²) in [6.07, 6.45) is 5.64. The van der Waals surface area contributed by atoms with Crippen molar-refractivity contribution in [1.29, 1.82) is 0 Å². The van der Waals surface area contributed by atoms with Crippen LogP contribution < -0.4 is 5.43 Å². The van der Waals surface area contributed by atoms with E-state index >= 15 is 0 Å². The number of hydrogen-bond donors (Lipinski definition) is 1. The third-order valence-electron chi connectivity index (χ3n) is 3.37. The van der Waals surface area contributed by atoms with Gasteiger partial charge in [0, 0.05) is 6.21 Å². The summed E-state index contributed by atoms with van der Waals surface area (Å²) in [7, 11) is 0. The molecular weight excluding hydrogens is 272 g/mol. The molecule has 0 aliphatic rings. The molecule has 0 radical (unpaired) electrons. The van der Waals surface area contributed by atoms with Crippen molar-refractivity contribution in [3.05, 3.63) is 76.9 Å². The van der Waals surface area contributed by atoms with Gasteiger partial charge in [0.05, 0.1) is 6.42 Å². The van der Waals surface area contributed by atoms with Crippen LogP contribution in [0.2, 0.25) is 0 Å². The van der Waals surface area contributed by atoms with Crippen LogP contribution in [0.3, 0.4) is 0 Å². The molecule has 2 aromatic rings. The van der Waals surface area contributed by atoms with Crippen molar-refractivity contribution in [2.75, 3.05) is 0 Å². The Morgan fingerprint density at radius 3 is 2.59 bits per heavy atom. The zero-order valence-electron chi connectivity index (χ0n) is 12.9. The van der Waals surface area contributed by atoms with Crippen LogP contribution in [0.4, 0.5) is 0 Å². The number of hydrogen-bond acceptors (Lipinski definition) is 2. The summed E-state index contributed by atoms with van der Waals surface area (Å²) in [5, 5.41) is 3.91. The van der Waals surface area contributed by atoms with E-state index in [9.17, 15) is 4.79 Å². The van der Waals surface area contributed by atoms with Crippen LogP contribution in [0.15, 0.2) is 59.7 Å². The van der Waals surface area contributed by atoms with E-state index in [0.29, 0.717) is 6.42 Å². The van der Waals surface area contributed by atoms with Gasteiger partial charge in [-0.3, -0.25) is 4.79 Å². The summed E-state index contributed by atoms with van der Waals surface area (Å²) < 4.78 is 0. The molecule has 0 fully saturated rings. The SMILES string of the molecule is Cc1ccc(CC(=O)N/N=C\C=C\c2ccccc2)cc1C. The fraction of sp³-hybridized carbons (Fsp3) is 0.158. The maximum absolute atomic E-state index is 11.8. The van der Waals surface area contributed by atoms with Crippen molar-refractivity contribution in [2.24, 2.45) is 5.10 Å². The molecular formula is C19H20N2O. The van der Waals surface area contributed by atoms with Crippen molar-refractivity contribution in [3.63, 3.8) is 0 Å². The summed E-state index contributed by atoms with van der Waals surface area (Å²) in [6, 6.07) is 16.0. The molecule has 0 aliphatic heterocycles. The third-order valence-corrected chi connectivity index (χ3v) is 3.37. The van der Waals surface area contributed by atoms with Gasteiger partial charge in [0.1, 0.15) is 0 Å². The minimum atomic E-state index is -0.118. The Kier molecular flexibility index (Phi) is 5.66. The second-order valence-electron chi connectivity index (χ2n) is 5.18. The zero-order chi connectivity index (χ0) is 15.8. The summed E-state index contributed by atoms with van der Waals surface area (Å²) in [4.78, 5) is 11.8. The predicted octanol–water partition coefficient (Wildman–Crippen LogP) is 3.66. The minimum absolute atomic E-state index is 0.118. The molecule has 0 unspecified atom stereocenters. The smallest absolute Gasteiger partial charge is 0.244 e. The second kappa shape index (κ2) is 7.93. The van der Waals surface area contributed by atoms with Crippen molar-refractivity contribution in [2.45, 2.75) is 20.3 Å². The quantitative estimate of drug-likeness (QED) is 0.663. The predicted molar refractivity (Wildman–Crippen MR) is 91.7 cm³/mol. The number of rotatable bonds is 5.